The van der Waals surface area contributed by atoms with E-state index >= 15 is 0 Å². The fourth-order valence-corrected chi connectivity index (χ4v) is 3.10. The molecule has 0 N–H and O–H groups in total. The topological polar surface area (TPSA) is 114 Å². The fourth-order valence-electron chi connectivity index (χ4n) is 3.10. The van der Waals surface area contributed by atoms with Crippen LogP contribution in [0.5, 0.6) is 0 Å². The van der Waals surface area contributed by atoms with Crippen molar-refractivity contribution in [3.63, 3.8) is 0 Å². The molecule has 37 heavy (non-hydrogen) atoms. The SMILES string of the molecule is CC(=O)O[C@@H](OCCOC(=O)c1ccccc1)[C@@H](COC(=O)c1ccccc1)OC(=O)c1ccccc1. The highest BCUT2D eigenvalue weighted by atomic mass is 16.7. The van der Waals surface area contributed by atoms with Crippen LogP contribution in [0.2, 0.25) is 0 Å². The van der Waals surface area contributed by atoms with Gasteiger partial charge in [0, 0.05) is 6.92 Å². The summed E-state index contributed by atoms with van der Waals surface area (Å²) in [6, 6.07) is 24.7. The van der Waals surface area contributed by atoms with Crippen LogP contribution in [0.25, 0.3) is 0 Å². The second kappa shape index (κ2) is 14.2. The Labute approximate surface area is 213 Å². The number of hydrogen-bond acceptors (Lipinski definition) is 9. The smallest absolute Gasteiger partial charge is 0.338 e. The standard InChI is InChI=1S/C28H26O9/c1-20(29)36-28(34-18-17-33-25(30)21-11-5-2-6-12-21)24(37-27(32)23-15-9-4-10-16-23)19-35-26(31)22-13-7-3-8-14-22/h2-16,24,28H,17-19H2,1H3/t24-,28-/m1/s1. The molecule has 0 aromatic heterocycles. The highest BCUT2D eigenvalue weighted by molar-refractivity contribution is 5.90. The summed E-state index contributed by atoms with van der Waals surface area (Å²) in [5.74, 6) is -2.68. The predicted octanol–water partition coefficient (Wildman–Crippen LogP) is 3.83. The largest absolute Gasteiger partial charge is 0.460 e. The average molecular weight is 507 g/mol. The Morgan fingerprint density at radius 1 is 0.595 bits per heavy atom. The quantitative estimate of drug-likeness (QED) is 0.156. The molecule has 3 aromatic carbocycles. The van der Waals surface area contributed by atoms with Crippen molar-refractivity contribution in [1.82, 2.24) is 0 Å². The lowest BCUT2D eigenvalue weighted by atomic mass is 10.2. The Morgan fingerprint density at radius 2 is 1.05 bits per heavy atom. The van der Waals surface area contributed by atoms with Gasteiger partial charge in [0.15, 0.2) is 6.10 Å². The van der Waals surface area contributed by atoms with Crippen molar-refractivity contribution < 1.29 is 42.9 Å². The van der Waals surface area contributed by atoms with Crippen LogP contribution in [0.15, 0.2) is 91.0 Å². The minimum absolute atomic E-state index is 0.172. The van der Waals surface area contributed by atoms with E-state index in [1.807, 2.05) is 0 Å². The van der Waals surface area contributed by atoms with Crippen molar-refractivity contribution in [3.8, 4) is 0 Å². The highest BCUT2D eigenvalue weighted by Crippen LogP contribution is 2.14. The van der Waals surface area contributed by atoms with E-state index in [0.717, 1.165) is 6.92 Å². The molecule has 3 aromatic rings. The van der Waals surface area contributed by atoms with Gasteiger partial charge >= 0.3 is 23.9 Å². The molecule has 0 aliphatic heterocycles. The van der Waals surface area contributed by atoms with Gasteiger partial charge in [-0.1, -0.05) is 54.6 Å². The number of benzene rings is 3. The van der Waals surface area contributed by atoms with Gasteiger partial charge in [-0.25, -0.2) is 14.4 Å². The van der Waals surface area contributed by atoms with Crippen LogP contribution >= 0.6 is 0 Å². The lowest BCUT2D eigenvalue weighted by molar-refractivity contribution is -0.208. The van der Waals surface area contributed by atoms with Crippen LogP contribution in [0.3, 0.4) is 0 Å². The van der Waals surface area contributed by atoms with Gasteiger partial charge in [0.1, 0.15) is 13.2 Å². The molecule has 0 fully saturated rings. The monoisotopic (exact) mass is 506 g/mol. The molecule has 0 amide bonds. The second-order valence-corrected chi connectivity index (χ2v) is 7.62. The molecule has 9 heteroatoms. The summed E-state index contributed by atoms with van der Waals surface area (Å²) in [7, 11) is 0. The van der Waals surface area contributed by atoms with E-state index in [-0.39, 0.29) is 24.3 Å². The zero-order chi connectivity index (χ0) is 26.5. The van der Waals surface area contributed by atoms with Gasteiger partial charge < -0.3 is 23.7 Å². The molecular formula is C28H26O9. The van der Waals surface area contributed by atoms with Gasteiger partial charge in [-0.2, -0.15) is 0 Å². The molecular weight excluding hydrogens is 480 g/mol. The highest BCUT2D eigenvalue weighted by Gasteiger charge is 2.31. The van der Waals surface area contributed by atoms with Crippen LogP contribution < -0.4 is 0 Å². The molecule has 0 saturated carbocycles. The van der Waals surface area contributed by atoms with Crippen molar-refractivity contribution >= 4 is 23.9 Å². The van der Waals surface area contributed by atoms with Crippen LogP contribution in [-0.4, -0.2) is 56.1 Å². The molecule has 2 atom stereocenters. The van der Waals surface area contributed by atoms with E-state index in [4.69, 9.17) is 23.7 Å². The minimum Gasteiger partial charge on any atom is -0.460 e. The molecule has 3 rings (SSSR count). The van der Waals surface area contributed by atoms with Crippen molar-refractivity contribution in [2.24, 2.45) is 0 Å². The van der Waals surface area contributed by atoms with Gasteiger partial charge in [0.2, 0.25) is 6.29 Å². The zero-order valence-corrected chi connectivity index (χ0v) is 20.1. The van der Waals surface area contributed by atoms with Crippen LogP contribution in [0.4, 0.5) is 0 Å². The molecule has 0 unspecified atom stereocenters. The first kappa shape index (κ1) is 27.1. The van der Waals surface area contributed by atoms with E-state index in [9.17, 15) is 19.2 Å². The first-order chi connectivity index (χ1) is 17.9. The summed E-state index contributed by atoms with van der Waals surface area (Å²) in [6.45, 7) is 0.323. The molecule has 0 aliphatic carbocycles. The molecule has 0 bridgehead atoms. The number of esters is 4. The minimum atomic E-state index is -1.44. The van der Waals surface area contributed by atoms with Gasteiger partial charge in [0.05, 0.1) is 23.3 Å². The first-order valence-corrected chi connectivity index (χ1v) is 11.4. The van der Waals surface area contributed by atoms with E-state index < -0.39 is 42.9 Å². The average Bonchev–Trinajstić information content (AvgIpc) is 2.93. The van der Waals surface area contributed by atoms with E-state index in [1.165, 1.54) is 0 Å². The number of carbonyl (C=O) groups is 4. The Kier molecular flexibility index (Phi) is 10.4. The van der Waals surface area contributed by atoms with Gasteiger partial charge in [-0.3, -0.25) is 4.79 Å². The Bertz CT molecular complexity index is 1160. The predicted molar refractivity (Wildman–Crippen MR) is 131 cm³/mol. The molecule has 9 nitrogen and oxygen atoms in total. The Balaban J connectivity index is 1.67. The lowest BCUT2D eigenvalue weighted by Crippen LogP contribution is -2.41. The van der Waals surface area contributed by atoms with Crippen molar-refractivity contribution in [2.75, 3.05) is 19.8 Å². The van der Waals surface area contributed by atoms with Crippen LogP contribution in [0.1, 0.15) is 38.0 Å². The van der Waals surface area contributed by atoms with E-state index in [0.29, 0.717) is 5.56 Å². The number of hydrogen-bond donors (Lipinski definition) is 0. The maximum Gasteiger partial charge on any atom is 0.338 e. The summed E-state index contributed by atoms with van der Waals surface area (Å²) in [6.07, 6.45) is -2.75. The van der Waals surface area contributed by atoms with E-state index in [1.54, 1.807) is 91.0 Å². The molecule has 0 heterocycles. The molecule has 0 spiro atoms. The lowest BCUT2D eigenvalue weighted by Gasteiger charge is -2.26. The molecule has 0 radical (unpaired) electrons. The normalized spacial score (nSPS) is 12.0. The maximum absolute atomic E-state index is 12.7. The molecule has 0 saturated heterocycles. The van der Waals surface area contributed by atoms with Gasteiger partial charge in [-0.15, -0.1) is 0 Å². The van der Waals surface area contributed by atoms with Gasteiger partial charge in [-0.05, 0) is 36.4 Å². The van der Waals surface area contributed by atoms with E-state index in [2.05, 4.69) is 0 Å². The zero-order valence-electron chi connectivity index (χ0n) is 20.1. The van der Waals surface area contributed by atoms with Crippen molar-refractivity contribution in [2.45, 2.75) is 19.3 Å². The van der Waals surface area contributed by atoms with Crippen LogP contribution in [-0.2, 0) is 28.5 Å². The Hall–Kier alpha value is -4.50. The molecule has 192 valence electrons. The summed E-state index contributed by atoms with van der Waals surface area (Å²) < 4.78 is 26.8. The summed E-state index contributed by atoms with van der Waals surface area (Å²) >= 11 is 0. The van der Waals surface area contributed by atoms with Crippen LogP contribution in [0, 0.1) is 0 Å². The number of rotatable bonds is 12. The van der Waals surface area contributed by atoms with Gasteiger partial charge in [0.25, 0.3) is 0 Å². The number of carbonyl (C=O) groups excluding carboxylic acids is 4. The summed E-state index contributed by atoms with van der Waals surface area (Å²) in [5.41, 5.74) is 0.884. The molecule has 0 aliphatic rings. The maximum atomic E-state index is 12.7. The summed E-state index contributed by atoms with van der Waals surface area (Å²) in [4.78, 5) is 49.0. The third-order valence-electron chi connectivity index (χ3n) is 4.85. The second-order valence-electron chi connectivity index (χ2n) is 7.62. The first-order valence-electron chi connectivity index (χ1n) is 11.4. The fraction of sp³-hybridized carbons (Fsp3) is 0.214. The summed E-state index contributed by atoms with van der Waals surface area (Å²) in [5, 5.41) is 0. The third-order valence-corrected chi connectivity index (χ3v) is 4.85. The van der Waals surface area contributed by atoms with Crippen molar-refractivity contribution in [3.05, 3.63) is 108 Å². The number of ether oxygens (including phenoxy) is 5. The van der Waals surface area contributed by atoms with Crippen molar-refractivity contribution in [1.29, 1.82) is 0 Å². The Morgan fingerprint density at radius 3 is 1.54 bits per heavy atom. The third kappa shape index (κ3) is 8.90.